The molecule has 1 aliphatic rings. The fourth-order valence-electron chi connectivity index (χ4n) is 2.41. The van der Waals surface area contributed by atoms with Crippen LogP contribution in [-0.2, 0) is 22.6 Å². The molecule has 2 atom stereocenters. The van der Waals surface area contributed by atoms with Crippen LogP contribution in [0.15, 0.2) is 6.20 Å². The van der Waals surface area contributed by atoms with Crippen molar-refractivity contribution in [2.75, 3.05) is 40.9 Å². The van der Waals surface area contributed by atoms with E-state index in [9.17, 15) is 0 Å². The topological polar surface area (TPSA) is 64.4 Å². The van der Waals surface area contributed by atoms with Gasteiger partial charge in [0, 0.05) is 46.6 Å². The number of ether oxygens (including phenoxy) is 2. The van der Waals surface area contributed by atoms with Gasteiger partial charge in [-0.3, -0.25) is 9.58 Å². The summed E-state index contributed by atoms with van der Waals surface area (Å²) in [6.45, 7) is 4.34. The van der Waals surface area contributed by atoms with Gasteiger partial charge >= 0.3 is 0 Å². The zero-order valence-electron chi connectivity index (χ0n) is 11.9. The minimum absolute atomic E-state index is 0.167. The lowest BCUT2D eigenvalue weighted by molar-refractivity contribution is -0.00461. The van der Waals surface area contributed by atoms with Crippen LogP contribution in [0.4, 0.5) is 0 Å². The Morgan fingerprint density at radius 3 is 2.53 bits per heavy atom. The van der Waals surface area contributed by atoms with Gasteiger partial charge in [-0.25, -0.2) is 0 Å². The van der Waals surface area contributed by atoms with Crippen molar-refractivity contribution in [3.8, 4) is 0 Å². The van der Waals surface area contributed by atoms with E-state index in [-0.39, 0.29) is 12.2 Å². The second-order valence-corrected chi connectivity index (χ2v) is 4.81. The van der Waals surface area contributed by atoms with Crippen molar-refractivity contribution in [1.82, 2.24) is 25.2 Å². The summed E-state index contributed by atoms with van der Waals surface area (Å²) in [6.07, 6.45) is 2.31. The van der Waals surface area contributed by atoms with Crippen molar-refractivity contribution >= 4 is 0 Å². The molecule has 2 unspecified atom stereocenters. The molecule has 0 saturated carbocycles. The summed E-state index contributed by atoms with van der Waals surface area (Å²) in [6, 6.07) is 0. The van der Waals surface area contributed by atoms with Gasteiger partial charge in [0.15, 0.2) is 0 Å². The Hall–Kier alpha value is -1.02. The molecule has 7 nitrogen and oxygen atoms in total. The van der Waals surface area contributed by atoms with E-state index in [0.717, 1.165) is 38.4 Å². The molecular weight excluding hydrogens is 246 g/mol. The standard InChI is InChI=1S/C12H23N5O2/c1-13-6-10-7-17(15-14-10)5-4-16-8-11(18-2)12(9-16)19-3/h7,11-13H,4-6,8-9H2,1-3H3. The van der Waals surface area contributed by atoms with Crippen LogP contribution in [0.25, 0.3) is 0 Å². The fourth-order valence-corrected chi connectivity index (χ4v) is 2.41. The number of rotatable bonds is 7. The molecule has 0 aliphatic carbocycles. The largest absolute Gasteiger partial charge is 0.377 e. The second-order valence-electron chi connectivity index (χ2n) is 4.81. The van der Waals surface area contributed by atoms with Gasteiger partial charge in [-0.2, -0.15) is 0 Å². The van der Waals surface area contributed by atoms with Crippen molar-refractivity contribution < 1.29 is 9.47 Å². The Labute approximate surface area is 113 Å². The Balaban J connectivity index is 1.79. The van der Waals surface area contributed by atoms with Crippen molar-refractivity contribution in [1.29, 1.82) is 0 Å². The van der Waals surface area contributed by atoms with E-state index in [4.69, 9.17) is 9.47 Å². The molecule has 1 aromatic heterocycles. The number of hydrogen-bond donors (Lipinski definition) is 1. The SMILES string of the molecule is CNCc1cn(CCN2CC(OC)C(OC)C2)nn1. The lowest BCUT2D eigenvalue weighted by Crippen LogP contribution is -2.27. The van der Waals surface area contributed by atoms with Crippen LogP contribution in [0.5, 0.6) is 0 Å². The normalized spacial score (nSPS) is 24.2. The molecule has 19 heavy (non-hydrogen) atoms. The van der Waals surface area contributed by atoms with Gasteiger partial charge in [-0.15, -0.1) is 5.10 Å². The monoisotopic (exact) mass is 269 g/mol. The summed E-state index contributed by atoms with van der Waals surface area (Å²) < 4.78 is 12.7. The van der Waals surface area contributed by atoms with Crippen LogP contribution >= 0.6 is 0 Å². The third kappa shape index (κ3) is 3.73. The number of aromatic nitrogens is 3. The molecule has 0 amide bonds. The zero-order valence-corrected chi connectivity index (χ0v) is 11.9. The maximum absolute atomic E-state index is 5.42. The van der Waals surface area contributed by atoms with Gasteiger partial charge in [0.25, 0.3) is 0 Å². The molecule has 1 aliphatic heterocycles. The van der Waals surface area contributed by atoms with Crippen molar-refractivity contribution in [2.24, 2.45) is 0 Å². The van der Waals surface area contributed by atoms with E-state index < -0.39 is 0 Å². The summed E-state index contributed by atoms with van der Waals surface area (Å²) in [4.78, 5) is 2.34. The molecule has 1 N–H and O–H groups in total. The molecule has 2 heterocycles. The van der Waals surface area contributed by atoms with E-state index >= 15 is 0 Å². The zero-order chi connectivity index (χ0) is 13.7. The summed E-state index contributed by atoms with van der Waals surface area (Å²) in [7, 11) is 5.38. The van der Waals surface area contributed by atoms with Crippen LogP contribution in [0.3, 0.4) is 0 Å². The second kappa shape index (κ2) is 6.95. The average molecular weight is 269 g/mol. The molecule has 1 saturated heterocycles. The van der Waals surface area contributed by atoms with Crippen LogP contribution in [0, 0.1) is 0 Å². The Bertz CT molecular complexity index is 372. The van der Waals surface area contributed by atoms with Gasteiger partial charge < -0.3 is 14.8 Å². The van der Waals surface area contributed by atoms with Crippen LogP contribution in [0.1, 0.15) is 5.69 Å². The molecule has 1 fully saturated rings. The first kappa shape index (κ1) is 14.4. The van der Waals surface area contributed by atoms with E-state index in [0.29, 0.717) is 0 Å². The highest BCUT2D eigenvalue weighted by Crippen LogP contribution is 2.15. The summed E-state index contributed by atoms with van der Waals surface area (Å²) in [5.74, 6) is 0. The Kier molecular flexibility index (Phi) is 5.26. The quantitative estimate of drug-likeness (QED) is 0.709. The molecule has 1 aromatic rings. The van der Waals surface area contributed by atoms with Gasteiger partial charge in [0.05, 0.1) is 24.4 Å². The Morgan fingerprint density at radius 1 is 1.26 bits per heavy atom. The van der Waals surface area contributed by atoms with Gasteiger partial charge in [0.2, 0.25) is 0 Å². The lowest BCUT2D eigenvalue weighted by Gasteiger charge is -2.14. The molecule has 108 valence electrons. The molecule has 0 aromatic carbocycles. The highest BCUT2D eigenvalue weighted by Gasteiger charge is 2.32. The van der Waals surface area contributed by atoms with Gasteiger partial charge in [0.1, 0.15) is 0 Å². The highest BCUT2D eigenvalue weighted by atomic mass is 16.5. The number of likely N-dealkylation sites (tertiary alicyclic amines) is 1. The summed E-state index contributed by atoms with van der Waals surface area (Å²) in [5.41, 5.74) is 0.966. The number of hydrogen-bond acceptors (Lipinski definition) is 6. The fraction of sp³-hybridized carbons (Fsp3) is 0.833. The lowest BCUT2D eigenvalue weighted by atomic mass is 10.3. The molecule has 0 spiro atoms. The van der Waals surface area contributed by atoms with E-state index in [2.05, 4.69) is 20.5 Å². The van der Waals surface area contributed by atoms with Gasteiger partial charge in [-0.05, 0) is 7.05 Å². The number of nitrogens with one attached hydrogen (secondary N) is 1. The maximum atomic E-state index is 5.42. The first-order valence-electron chi connectivity index (χ1n) is 6.58. The average Bonchev–Trinajstić information content (AvgIpc) is 3.02. The van der Waals surface area contributed by atoms with Crippen molar-refractivity contribution in [3.05, 3.63) is 11.9 Å². The van der Waals surface area contributed by atoms with Gasteiger partial charge in [-0.1, -0.05) is 5.21 Å². The predicted molar refractivity (Wildman–Crippen MR) is 70.8 cm³/mol. The smallest absolute Gasteiger partial charge is 0.0971 e. The minimum Gasteiger partial charge on any atom is -0.377 e. The Morgan fingerprint density at radius 2 is 1.95 bits per heavy atom. The molecular formula is C12H23N5O2. The summed E-state index contributed by atoms with van der Waals surface area (Å²) >= 11 is 0. The van der Waals surface area contributed by atoms with Crippen molar-refractivity contribution in [3.63, 3.8) is 0 Å². The van der Waals surface area contributed by atoms with Crippen LogP contribution < -0.4 is 5.32 Å². The highest BCUT2D eigenvalue weighted by molar-refractivity contribution is 4.91. The van der Waals surface area contributed by atoms with Crippen molar-refractivity contribution in [2.45, 2.75) is 25.3 Å². The third-order valence-electron chi connectivity index (χ3n) is 3.49. The molecule has 0 radical (unpaired) electrons. The molecule has 2 rings (SSSR count). The predicted octanol–water partition coefficient (Wildman–Crippen LogP) is -0.657. The number of nitrogens with zero attached hydrogens (tertiary/aromatic N) is 4. The molecule has 7 heteroatoms. The van der Waals surface area contributed by atoms with Crippen LogP contribution in [-0.4, -0.2) is 73.0 Å². The first-order valence-corrected chi connectivity index (χ1v) is 6.58. The maximum Gasteiger partial charge on any atom is 0.0971 e. The van der Waals surface area contributed by atoms with E-state index in [1.54, 1.807) is 14.2 Å². The van der Waals surface area contributed by atoms with Crippen LogP contribution in [0.2, 0.25) is 0 Å². The third-order valence-corrected chi connectivity index (χ3v) is 3.49. The summed E-state index contributed by atoms with van der Waals surface area (Å²) in [5, 5.41) is 11.3. The first-order chi connectivity index (χ1) is 9.26. The van der Waals surface area contributed by atoms with E-state index in [1.165, 1.54) is 0 Å². The minimum atomic E-state index is 0.167. The number of methoxy groups -OCH3 is 2. The molecule has 0 bridgehead atoms. The van der Waals surface area contributed by atoms with E-state index in [1.807, 2.05) is 17.9 Å².